The van der Waals surface area contributed by atoms with Crippen LogP contribution in [0.25, 0.3) is 0 Å². The van der Waals surface area contributed by atoms with Crippen LogP contribution in [0.1, 0.15) is 24.5 Å². The van der Waals surface area contributed by atoms with Crippen molar-refractivity contribution in [2.75, 3.05) is 11.9 Å². The molecule has 0 radical (unpaired) electrons. The minimum absolute atomic E-state index is 0.0370. The number of nitro benzene ring substituents is 1. The summed E-state index contributed by atoms with van der Waals surface area (Å²) >= 11 is 0. The first-order chi connectivity index (χ1) is 13.4. The highest BCUT2D eigenvalue weighted by Gasteiger charge is 2.11. The number of ether oxygens (including phenoxy) is 1. The number of nitrogens with one attached hydrogen (secondary N) is 2. The smallest absolute Gasteiger partial charge is 0.272 e. The van der Waals surface area contributed by atoms with E-state index >= 15 is 0 Å². The first kappa shape index (κ1) is 20.6. The number of hydrazone groups is 1. The summed E-state index contributed by atoms with van der Waals surface area (Å²) in [6.07, 6.45) is 0.854. The Morgan fingerprint density at radius 3 is 2.54 bits per heavy atom. The van der Waals surface area contributed by atoms with Crippen molar-refractivity contribution in [3.05, 3.63) is 63.7 Å². The standard InChI is InChI=1S/C19H20N4O5/c1-3-28-16-8-6-15(7-9-16)21-18(24)11-19(25)22-20-12-14-5-4-13(2)17(10-14)23(26)27/h4-10,12H,3,11H2,1-2H3,(H,21,24)(H,22,25). The van der Waals surface area contributed by atoms with Crippen LogP contribution < -0.4 is 15.5 Å². The van der Waals surface area contributed by atoms with E-state index in [1.807, 2.05) is 6.92 Å². The zero-order chi connectivity index (χ0) is 20.5. The summed E-state index contributed by atoms with van der Waals surface area (Å²) in [5, 5.41) is 17.2. The van der Waals surface area contributed by atoms with E-state index in [0.29, 0.717) is 29.2 Å². The van der Waals surface area contributed by atoms with Crippen LogP contribution in [0.15, 0.2) is 47.6 Å². The molecule has 0 saturated heterocycles. The van der Waals surface area contributed by atoms with Crippen LogP contribution in [-0.2, 0) is 9.59 Å². The van der Waals surface area contributed by atoms with E-state index < -0.39 is 23.2 Å². The second kappa shape index (κ2) is 9.81. The molecule has 2 aromatic carbocycles. The average molecular weight is 384 g/mol. The molecular formula is C19H20N4O5. The number of carbonyl (C=O) groups excluding carboxylic acids is 2. The molecule has 0 spiro atoms. The maximum atomic E-state index is 11.9. The molecule has 0 bridgehead atoms. The van der Waals surface area contributed by atoms with E-state index in [4.69, 9.17) is 4.74 Å². The normalized spacial score (nSPS) is 10.5. The van der Waals surface area contributed by atoms with Gasteiger partial charge in [-0.15, -0.1) is 0 Å². The van der Waals surface area contributed by atoms with Gasteiger partial charge in [0.2, 0.25) is 11.8 Å². The molecule has 2 N–H and O–H groups in total. The molecule has 0 heterocycles. The highest BCUT2D eigenvalue weighted by atomic mass is 16.6. The van der Waals surface area contributed by atoms with Crippen LogP contribution in [0.2, 0.25) is 0 Å². The van der Waals surface area contributed by atoms with Crippen LogP contribution in [0.3, 0.4) is 0 Å². The molecule has 0 aliphatic heterocycles. The van der Waals surface area contributed by atoms with Gasteiger partial charge in [-0.2, -0.15) is 5.10 Å². The van der Waals surface area contributed by atoms with Gasteiger partial charge in [0.15, 0.2) is 0 Å². The largest absolute Gasteiger partial charge is 0.494 e. The second-order valence-corrected chi connectivity index (χ2v) is 5.78. The molecule has 9 nitrogen and oxygen atoms in total. The molecule has 0 aliphatic rings. The van der Waals surface area contributed by atoms with Gasteiger partial charge < -0.3 is 10.1 Å². The van der Waals surface area contributed by atoms with Gasteiger partial charge >= 0.3 is 0 Å². The number of anilines is 1. The summed E-state index contributed by atoms with van der Waals surface area (Å²) in [6.45, 7) is 4.04. The Labute approximate surface area is 161 Å². The third kappa shape index (κ3) is 6.20. The summed E-state index contributed by atoms with van der Waals surface area (Å²) in [5.74, 6) is -0.423. The predicted molar refractivity (Wildman–Crippen MR) is 104 cm³/mol. The van der Waals surface area contributed by atoms with Crippen molar-refractivity contribution < 1.29 is 19.2 Å². The maximum Gasteiger partial charge on any atom is 0.272 e. The quantitative estimate of drug-likeness (QED) is 0.313. The molecule has 0 atom stereocenters. The SMILES string of the molecule is CCOc1ccc(NC(=O)CC(=O)NN=Cc2ccc(C)c([N+](=O)[O-])c2)cc1. The van der Waals surface area contributed by atoms with Crippen molar-refractivity contribution in [3.8, 4) is 5.75 Å². The molecule has 28 heavy (non-hydrogen) atoms. The summed E-state index contributed by atoms with van der Waals surface area (Å²) < 4.78 is 5.31. The zero-order valence-corrected chi connectivity index (χ0v) is 15.5. The number of hydrogen-bond donors (Lipinski definition) is 2. The fraction of sp³-hybridized carbons (Fsp3) is 0.211. The summed E-state index contributed by atoms with van der Waals surface area (Å²) in [5.41, 5.74) is 3.70. The van der Waals surface area contributed by atoms with E-state index in [9.17, 15) is 19.7 Å². The first-order valence-corrected chi connectivity index (χ1v) is 8.48. The average Bonchev–Trinajstić information content (AvgIpc) is 2.64. The topological polar surface area (TPSA) is 123 Å². The van der Waals surface area contributed by atoms with Crippen molar-refractivity contribution in [3.63, 3.8) is 0 Å². The van der Waals surface area contributed by atoms with Gasteiger partial charge in [-0.05, 0) is 38.1 Å². The predicted octanol–water partition coefficient (Wildman–Crippen LogP) is 2.78. The fourth-order valence-electron chi connectivity index (χ4n) is 2.27. The Morgan fingerprint density at radius 1 is 1.18 bits per heavy atom. The van der Waals surface area contributed by atoms with Gasteiger partial charge in [0.25, 0.3) is 5.69 Å². The highest BCUT2D eigenvalue weighted by molar-refractivity contribution is 6.03. The number of aryl methyl sites for hydroxylation is 1. The minimum Gasteiger partial charge on any atom is -0.494 e. The lowest BCUT2D eigenvalue weighted by molar-refractivity contribution is -0.385. The molecule has 2 aromatic rings. The number of nitrogens with zero attached hydrogens (tertiary/aromatic N) is 2. The number of hydrogen-bond acceptors (Lipinski definition) is 6. The molecule has 2 amide bonds. The van der Waals surface area contributed by atoms with E-state index in [1.165, 1.54) is 12.3 Å². The van der Waals surface area contributed by atoms with E-state index in [1.54, 1.807) is 43.3 Å². The molecule has 9 heteroatoms. The van der Waals surface area contributed by atoms with Gasteiger partial charge in [-0.1, -0.05) is 12.1 Å². The molecular weight excluding hydrogens is 364 g/mol. The van der Waals surface area contributed by atoms with E-state index in [0.717, 1.165) is 0 Å². The summed E-state index contributed by atoms with van der Waals surface area (Å²) in [6, 6.07) is 11.3. The highest BCUT2D eigenvalue weighted by Crippen LogP contribution is 2.18. The number of rotatable bonds is 8. The minimum atomic E-state index is -0.610. The molecule has 0 fully saturated rings. The van der Waals surface area contributed by atoms with Crippen molar-refractivity contribution in [2.45, 2.75) is 20.3 Å². The number of nitro groups is 1. The molecule has 0 saturated carbocycles. The molecule has 0 unspecified atom stereocenters. The Bertz CT molecular complexity index is 894. The third-order valence-corrected chi connectivity index (χ3v) is 3.60. The lowest BCUT2D eigenvalue weighted by Gasteiger charge is -2.06. The fourth-order valence-corrected chi connectivity index (χ4v) is 2.27. The number of benzene rings is 2. The zero-order valence-electron chi connectivity index (χ0n) is 15.5. The maximum absolute atomic E-state index is 11.9. The lowest BCUT2D eigenvalue weighted by Crippen LogP contribution is -2.24. The van der Waals surface area contributed by atoms with E-state index in [-0.39, 0.29) is 5.69 Å². The van der Waals surface area contributed by atoms with Gasteiger partial charge in [-0.3, -0.25) is 19.7 Å². The Kier molecular flexibility index (Phi) is 7.21. The Morgan fingerprint density at radius 2 is 1.89 bits per heavy atom. The summed E-state index contributed by atoms with van der Waals surface area (Å²) in [4.78, 5) is 34.1. The van der Waals surface area contributed by atoms with E-state index in [2.05, 4.69) is 15.8 Å². The van der Waals surface area contributed by atoms with Crippen molar-refractivity contribution in [1.29, 1.82) is 0 Å². The van der Waals surface area contributed by atoms with Crippen LogP contribution in [0.4, 0.5) is 11.4 Å². The van der Waals surface area contributed by atoms with Crippen LogP contribution in [-0.4, -0.2) is 29.6 Å². The second-order valence-electron chi connectivity index (χ2n) is 5.78. The molecule has 0 aromatic heterocycles. The van der Waals surface area contributed by atoms with Gasteiger partial charge in [-0.25, -0.2) is 5.43 Å². The van der Waals surface area contributed by atoms with Crippen molar-refractivity contribution >= 4 is 29.4 Å². The van der Waals surface area contributed by atoms with Gasteiger partial charge in [0, 0.05) is 22.9 Å². The summed E-state index contributed by atoms with van der Waals surface area (Å²) in [7, 11) is 0. The lowest BCUT2D eigenvalue weighted by atomic mass is 10.1. The number of amides is 2. The van der Waals surface area contributed by atoms with Crippen LogP contribution in [0, 0.1) is 17.0 Å². The van der Waals surface area contributed by atoms with Crippen LogP contribution >= 0.6 is 0 Å². The molecule has 2 rings (SSSR count). The number of carbonyl (C=O) groups is 2. The molecule has 146 valence electrons. The Hall–Kier alpha value is -3.75. The van der Waals surface area contributed by atoms with Gasteiger partial charge in [0.1, 0.15) is 12.2 Å². The molecule has 0 aliphatic carbocycles. The van der Waals surface area contributed by atoms with Gasteiger partial charge in [0.05, 0.1) is 17.7 Å². The monoisotopic (exact) mass is 384 g/mol. The van der Waals surface area contributed by atoms with Crippen molar-refractivity contribution in [1.82, 2.24) is 5.43 Å². The Balaban J connectivity index is 1.84. The first-order valence-electron chi connectivity index (χ1n) is 8.48. The third-order valence-electron chi connectivity index (χ3n) is 3.60. The van der Waals surface area contributed by atoms with Crippen molar-refractivity contribution in [2.24, 2.45) is 5.10 Å². The van der Waals surface area contributed by atoms with Crippen LogP contribution in [0.5, 0.6) is 5.75 Å².